The van der Waals surface area contributed by atoms with E-state index in [2.05, 4.69) is 53.3 Å². The molecule has 0 radical (unpaired) electrons. The number of rotatable bonds is 54. The van der Waals surface area contributed by atoms with Crippen molar-refractivity contribution in [2.45, 2.75) is 271 Å². The smallest absolute Gasteiger partial charge is 0.336 e. The molecule has 0 bridgehead atoms. The van der Waals surface area contributed by atoms with Gasteiger partial charge < -0.3 is 50.6 Å². The van der Waals surface area contributed by atoms with Gasteiger partial charge in [-0.3, -0.25) is 62.7 Å². The Balaban J connectivity index is 0.000000409. The number of nitrogens with zero attached hydrogens (tertiary/aromatic N) is 5. The number of Topliss-reactive ketones (excluding diaryl/α,β-unsaturated/α-hetero) is 1. The number of terminal acetylenes is 1. The molecule has 0 spiro atoms. The molecule has 3 heterocycles. The molecule has 6 aromatic rings. The van der Waals surface area contributed by atoms with Gasteiger partial charge in [0.1, 0.15) is 12.9 Å². The summed E-state index contributed by atoms with van der Waals surface area (Å²) < 4.78 is 36.9. The fourth-order valence-corrected chi connectivity index (χ4v) is 17.8. The van der Waals surface area contributed by atoms with Crippen LogP contribution >= 0.6 is 0 Å². The summed E-state index contributed by atoms with van der Waals surface area (Å²) in [6.07, 6.45) is 18.5. The van der Waals surface area contributed by atoms with Gasteiger partial charge in [-0.05, 0) is 211 Å². The molecule has 8 N–H and O–H groups in total. The molecule has 3 aliphatic rings. The highest BCUT2D eigenvalue weighted by Gasteiger charge is 2.38. The molecule has 11 atom stereocenters. The van der Waals surface area contributed by atoms with Crippen LogP contribution in [0.15, 0.2) is 196 Å². The Labute approximate surface area is 824 Å². The number of hydrogen-bond donors (Lipinski definition) is 8. The lowest BCUT2D eigenvalue weighted by Gasteiger charge is -2.22. The highest BCUT2D eigenvalue weighted by atomic mass is 32.2. The predicted octanol–water partition coefficient (Wildman–Crippen LogP) is 18.9. The average Bonchev–Trinajstić information content (AvgIpc) is 1.81. The van der Waals surface area contributed by atoms with Crippen molar-refractivity contribution in [2.75, 3.05) is 32.5 Å². The van der Waals surface area contributed by atoms with E-state index in [1.807, 2.05) is 137 Å². The van der Waals surface area contributed by atoms with Crippen LogP contribution in [-0.2, 0) is 93.1 Å². The largest absolute Gasteiger partial charge is 0.509 e. The number of aliphatic hydroxyl groups is 1. The van der Waals surface area contributed by atoms with Crippen LogP contribution in [0, 0.1) is 54.2 Å². The van der Waals surface area contributed by atoms with Crippen molar-refractivity contribution < 1.29 is 122 Å². The number of aliphatic hydroxyl groups excluding tert-OH is 1. The van der Waals surface area contributed by atoms with Gasteiger partial charge in [0.2, 0.25) is 5.91 Å². The van der Waals surface area contributed by atoms with Gasteiger partial charge in [0.15, 0.2) is 21.3 Å². The van der Waals surface area contributed by atoms with Crippen LogP contribution in [0.25, 0.3) is 0 Å². The van der Waals surface area contributed by atoms with E-state index in [4.69, 9.17) is 26.1 Å². The zero-order valence-corrected chi connectivity index (χ0v) is 83.1. The molecule has 33 heteroatoms. The molecule has 0 saturated carbocycles. The number of carboxylic acid groups (broad SMARTS) is 4. The lowest BCUT2D eigenvalue weighted by molar-refractivity contribution is -0.201. The first kappa shape index (κ1) is 118. The van der Waals surface area contributed by atoms with Crippen molar-refractivity contribution in [3.8, 4) is 18.6 Å². The molecule has 140 heavy (non-hydrogen) atoms. The summed E-state index contributed by atoms with van der Waals surface area (Å²) in [7, 11) is -2.00. The Morgan fingerprint density at radius 1 is 0.429 bits per heavy atom. The minimum Gasteiger partial charge on any atom is -0.509 e. The molecule has 9 rings (SSSR count). The SMILES string of the molecule is CCC(CC(CC)c1ccccc1)C(=O)O.CCC(CCC(CC(CC)c1ccccc1)C(=O)O)C(=O)NCCNCCCCCS(=O)(=O)c1ccc(N=NC(C(C)=O)=C(O)Cc2ccccc2OC)cc1.CCC(CCC(CC(CC)c1ccccc1)C(=O)O)C(=O)ON1C(=O)CCC1=O.CCC(CCC(CC(CC)c1ccccc1)C(=O)O)C(=O)ON1C(=O)CCC1=O.O=C1CCC(=O)N1O.[2H]C#C. The van der Waals surface area contributed by atoms with E-state index in [-0.39, 0.29) is 108 Å². The Morgan fingerprint density at radius 2 is 0.764 bits per heavy atom. The van der Waals surface area contributed by atoms with Gasteiger partial charge in [-0.2, -0.15) is 10.2 Å². The number of ketones is 1. The number of hydrogen-bond acceptors (Lipinski definition) is 24. The molecule has 0 aromatic heterocycles. The highest BCUT2D eigenvalue weighted by Crippen LogP contribution is 2.36. The maximum Gasteiger partial charge on any atom is 0.336 e. The minimum atomic E-state index is -3.52. The number of ether oxygens (including phenoxy) is 1. The van der Waals surface area contributed by atoms with Crippen LogP contribution in [-0.4, -0.2) is 170 Å². The minimum absolute atomic E-state index is 0.00946. The van der Waals surface area contributed by atoms with Crippen LogP contribution in [0.5, 0.6) is 5.75 Å². The lowest BCUT2D eigenvalue weighted by atomic mass is 9.83. The van der Waals surface area contributed by atoms with E-state index in [0.29, 0.717) is 149 Å². The van der Waals surface area contributed by atoms with Gasteiger partial charge in [-0.25, -0.2) is 18.0 Å². The quantitative estimate of drug-likeness (QED) is 0.00334. The molecule has 11 unspecified atom stereocenters. The number of amides is 7. The fraction of sp³-hybridized carbons (Fsp3) is 0.495. The molecule has 32 nitrogen and oxygen atoms in total. The summed E-state index contributed by atoms with van der Waals surface area (Å²) in [5, 5.41) is 72.9. The number of hydroxylamine groups is 6. The van der Waals surface area contributed by atoms with Crippen LogP contribution in [0.4, 0.5) is 5.69 Å². The summed E-state index contributed by atoms with van der Waals surface area (Å²) in [6.45, 7) is 18.7. The number of aliphatic carboxylic acids is 4. The van der Waals surface area contributed by atoms with E-state index in [9.17, 15) is 96.0 Å². The number of azo groups is 1. The van der Waals surface area contributed by atoms with Crippen molar-refractivity contribution in [1.82, 2.24) is 25.8 Å². The van der Waals surface area contributed by atoms with Crippen molar-refractivity contribution in [3.63, 3.8) is 0 Å². The number of para-hydroxylation sites is 1. The summed E-state index contributed by atoms with van der Waals surface area (Å²) in [6, 6.07) is 52.8. The maximum absolute atomic E-state index is 12.9. The molecule has 0 aliphatic carbocycles. The first-order chi connectivity index (χ1) is 67.4. The first-order valence-electron chi connectivity index (χ1n) is 48.9. The number of carbonyl (C=O) groups is 14. The Hall–Kier alpha value is -12.9. The monoisotopic (exact) mass is 1960 g/mol. The molecular formula is C107H143N7O25S. The van der Waals surface area contributed by atoms with E-state index >= 15 is 0 Å². The second-order valence-corrected chi connectivity index (χ2v) is 36.8. The van der Waals surface area contributed by atoms with Gasteiger partial charge in [0.25, 0.3) is 35.4 Å². The maximum atomic E-state index is 12.9. The van der Waals surface area contributed by atoms with E-state index in [0.717, 1.165) is 55.2 Å². The summed E-state index contributed by atoms with van der Waals surface area (Å²) in [5.74, 6) is -10.4. The zero-order chi connectivity index (χ0) is 105. The van der Waals surface area contributed by atoms with Crippen molar-refractivity contribution in [3.05, 3.63) is 209 Å². The highest BCUT2D eigenvalue weighted by molar-refractivity contribution is 7.91. The van der Waals surface area contributed by atoms with Crippen LogP contribution in [0.3, 0.4) is 0 Å². The van der Waals surface area contributed by atoms with Gasteiger partial charge in [-0.1, -0.05) is 201 Å². The number of allylic oxidation sites excluding steroid dienone is 2. The third-order valence-corrected chi connectivity index (χ3v) is 27.0. The Bertz CT molecular complexity index is 5010. The number of imide groups is 3. The lowest BCUT2D eigenvalue weighted by Crippen LogP contribution is -2.36. The molecule has 3 aliphatic heterocycles. The second kappa shape index (κ2) is 65.1. The van der Waals surface area contributed by atoms with Gasteiger partial charge in [0.05, 0.1) is 59.0 Å². The molecule has 762 valence electrons. The van der Waals surface area contributed by atoms with Crippen molar-refractivity contribution >= 4 is 98.5 Å². The molecule has 3 fully saturated rings. The topological polar surface area (TPSA) is 481 Å². The van der Waals surface area contributed by atoms with Crippen molar-refractivity contribution in [2.24, 2.45) is 51.7 Å². The number of unbranched alkanes of at least 4 members (excludes halogenated alkanes) is 2. The predicted molar refractivity (Wildman–Crippen MR) is 527 cm³/mol. The molecule has 7 amide bonds. The van der Waals surface area contributed by atoms with E-state index < -0.39 is 116 Å². The van der Waals surface area contributed by atoms with Gasteiger partial charge >= 0.3 is 35.8 Å². The van der Waals surface area contributed by atoms with Gasteiger partial charge in [-0.15, -0.1) is 28.1 Å². The normalized spacial score (nSPS) is 15.5. The van der Waals surface area contributed by atoms with Crippen molar-refractivity contribution in [1.29, 1.82) is 0 Å². The fourth-order valence-electron chi connectivity index (χ4n) is 16.5. The summed E-state index contributed by atoms with van der Waals surface area (Å²) in [5.41, 5.74) is 5.42. The van der Waals surface area contributed by atoms with Crippen LogP contribution in [0.1, 0.15) is 289 Å². The summed E-state index contributed by atoms with van der Waals surface area (Å²) in [4.78, 5) is 174. The van der Waals surface area contributed by atoms with Crippen LogP contribution in [0.2, 0.25) is 0 Å². The molecule has 3 saturated heterocycles. The number of methoxy groups -OCH3 is 1. The summed E-state index contributed by atoms with van der Waals surface area (Å²) >= 11 is 0. The Kier molecular flexibility index (Phi) is 54.7. The standard InChI is InChI=1S/C43H58N4O8S.2C22H29NO6.C14H20O2.C4H5NO3.C2H2/c1-5-32(19-20-36(43(51)52)29-33(6-2)34-15-9-7-10-16-34)42(50)45-27-26-44-25-13-8-14-28-56(53,54)38-23-21-37(22-24-38)46-47-41(31(3)48)39(49)30-35-17-11-12-18-40(35)55-4;2*1-3-15(22(28)29-23-19(24)12-13-20(23)25)10-11-18(21(26)27)14-16(4-2)17-8-6-5-7-9-17;1-3-11(10-12(4-2)14(15)16)13-8-6-5-7-9-13;6-3-1-2-4(7)5(3)8;1-2/h7,9-12,15-18,21-24,32-33,36,44,49H,5-6,8,13-14,19-20,25-30H2,1-4H3,(H,45,50)(H,51,52);2*5-9,15-16,18H,3-4,10-14H2,1-2H3,(H,26,27);5-9,11-12H,3-4,10H2,1-2H3,(H,15,16);8H,1-2H2;1-2H/i;;;;;1D. The van der Waals surface area contributed by atoms with Gasteiger partial charge in [0, 0.05) is 76.4 Å². The average molecular weight is 1960 g/mol. The number of benzene rings is 6. The molecule has 6 aromatic carbocycles. The third kappa shape index (κ3) is 41.2. The van der Waals surface area contributed by atoms with E-state index in [1.54, 1.807) is 38.1 Å². The van der Waals surface area contributed by atoms with E-state index in [1.165, 1.54) is 50.3 Å². The first-order valence-corrected chi connectivity index (χ1v) is 50.1. The number of sulfone groups is 1. The Morgan fingerprint density at radius 3 is 1.09 bits per heavy atom. The number of carbonyl (C=O) groups excluding carboxylic acids is 10. The van der Waals surface area contributed by atoms with Crippen LogP contribution < -0.4 is 15.4 Å². The number of nitrogens with one attached hydrogen (secondary N) is 2. The zero-order valence-electron chi connectivity index (χ0n) is 83.3. The molecular weight excluding hydrogens is 1820 g/mol. The number of carboxylic acids is 4. The second-order valence-electron chi connectivity index (χ2n) is 34.6. The third-order valence-electron chi connectivity index (χ3n) is 25.2.